The zero-order valence-corrected chi connectivity index (χ0v) is 28.7. The molecule has 4 heteroatoms. The molecule has 0 radical (unpaired) electrons. The number of hydrogen-bond donors (Lipinski definition) is 0. The Morgan fingerprint density at radius 3 is 1.53 bits per heavy atom. The van der Waals surface area contributed by atoms with Crippen molar-refractivity contribution < 1.29 is 4.57 Å². The Morgan fingerprint density at radius 2 is 0.941 bits per heavy atom. The van der Waals surface area contributed by atoms with Gasteiger partial charge in [-0.2, -0.15) is 0 Å². The average Bonchev–Trinajstić information content (AvgIpc) is 3.21. The summed E-state index contributed by atoms with van der Waals surface area (Å²) in [5.41, 5.74) is 5.78. The van der Waals surface area contributed by atoms with Crippen LogP contribution in [0.2, 0.25) is 0 Å². The predicted octanol–water partition coefficient (Wildman–Crippen LogP) is 11.3. The van der Waals surface area contributed by atoms with Gasteiger partial charge in [0, 0.05) is 54.7 Å². The Bertz CT molecular complexity index is 2620. The molecule has 0 N–H and O–H groups in total. The summed E-state index contributed by atoms with van der Waals surface area (Å²) >= 11 is 0. The third-order valence-electron chi connectivity index (χ3n) is 9.66. The molecule has 1 heterocycles. The van der Waals surface area contributed by atoms with E-state index in [-0.39, 0.29) is 0 Å². The summed E-state index contributed by atoms with van der Waals surface area (Å²) in [5, 5.41) is 7.51. The van der Waals surface area contributed by atoms with E-state index >= 15 is 4.57 Å². The van der Waals surface area contributed by atoms with Crippen molar-refractivity contribution in [2.45, 2.75) is 0 Å². The maximum atomic E-state index is 16.2. The van der Waals surface area contributed by atoms with E-state index in [1.807, 2.05) is 91.0 Å². The zero-order valence-electron chi connectivity index (χ0n) is 27.8. The molecule has 0 bridgehead atoms. The van der Waals surface area contributed by atoms with Gasteiger partial charge in [-0.05, 0) is 53.2 Å². The van der Waals surface area contributed by atoms with E-state index in [0.717, 1.165) is 76.7 Å². The molecule has 3 nitrogen and oxygen atoms in total. The van der Waals surface area contributed by atoms with E-state index < -0.39 is 7.14 Å². The van der Waals surface area contributed by atoms with Crippen LogP contribution < -0.4 is 20.8 Å². The van der Waals surface area contributed by atoms with Gasteiger partial charge in [-0.25, -0.2) is 4.98 Å². The van der Waals surface area contributed by atoms with Crippen molar-refractivity contribution in [3.05, 3.63) is 200 Å². The molecule has 51 heavy (non-hydrogen) atoms. The van der Waals surface area contributed by atoms with Crippen molar-refractivity contribution in [2.24, 2.45) is 0 Å². The maximum Gasteiger partial charge on any atom is 0.171 e. The van der Waals surface area contributed by atoms with Crippen LogP contribution >= 0.6 is 7.14 Å². The van der Waals surface area contributed by atoms with Crippen molar-refractivity contribution in [3.8, 4) is 11.3 Å². The van der Waals surface area contributed by atoms with Gasteiger partial charge < -0.3 is 9.46 Å². The summed E-state index contributed by atoms with van der Waals surface area (Å²) in [4.78, 5) is 7.79. The predicted molar refractivity (Wildman–Crippen MR) is 216 cm³/mol. The average molecular weight is 673 g/mol. The van der Waals surface area contributed by atoms with Crippen LogP contribution in [0, 0.1) is 0 Å². The molecule has 0 atom stereocenters. The molecule has 8 aromatic carbocycles. The molecule has 242 valence electrons. The first kappa shape index (κ1) is 30.8. The molecule has 0 aliphatic heterocycles. The zero-order chi connectivity index (χ0) is 34.2. The normalized spacial score (nSPS) is 11.6. The number of pyridine rings is 1. The van der Waals surface area contributed by atoms with E-state index in [4.69, 9.17) is 4.98 Å². The molecule has 0 fully saturated rings. The van der Waals surface area contributed by atoms with Crippen molar-refractivity contribution in [1.29, 1.82) is 0 Å². The van der Waals surface area contributed by atoms with Crippen LogP contribution in [0.5, 0.6) is 0 Å². The molecular weight excluding hydrogens is 640 g/mol. The topological polar surface area (TPSA) is 33.2 Å². The Kier molecular flexibility index (Phi) is 7.76. The number of rotatable bonds is 7. The molecule has 0 spiro atoms. The van der Waals surface area contributed by atoms with Crippen molar-refractivity contribution >= 4 is 72.6 Å². The highest BCUT2D eigenvalue weighted by Crippen LogP contribution is 2.49. The first-order valence-electron chi connectivity index (χ1n) is 17.2. The van der Waals surface area contributed by atoms with Gasteiger partial charge in [0.05, 0.1) is 11.2 Å². The fourth-order valence-corrected chi connectivity index (χ4v) is 10.2. The summed E-state index contributed by atoms with van der Waals surface area (Å²) in [7, 11) is -3.41. The lowest BCUT2D eigenvalue weighted by Gasteiger charge is -2.26. The van der Waals surface area contributed by atoms with E-state index in [1.54, 1.807) is 0 Å². The third-order valence-corrected chi connectivity index (χ3v) is 12.7. The van der Waals surface area contributed by atoms with E-state index in [1.165, 1.54) is 0 Å². The van der Waals surface area contributed by atoms with Crippen LogP contribution in [0.3, 0.4) is 0 Å². The molecule has 0 aliphatic carbocycles. The molecule has 9 rings (SSSR count). The van der Waals surface area contributed by atoms with Gasteiger partial charge in [-0.3, -0.25) is 0 Å². The lowest BCUT2D eigenvalue weighted by molar-refractivity contribution is 0.592. The molecular formula is C47H33N2OP. The van der Waals surface area contributed by atoms with Crippen LogP contribution in [0.25, 0.3) is 43.7 Å². The van der Waals surface area contributed by atoms with Crippen LogP contribution in [-0.4, -0.2) is 4.98 Å². The van der Waals surface area contributed by atoms with Crippen LogP contribution in [0.15, 0.2) is 200 Å². The standard InChI is InChI=1S/C47H33N2OP/c50-51(39-25-12-4-13-26-39,40-27-14-5-15-28-40)44-32-35-20-16-17-29-41(35)45-42-31-30-38(33-43(42)48-47(46(44)45)34-18-6-1-7-19-34)49(36-21-8-2-9-22-36)37-23-10-3-11-24-37/h1-33H. The smallest absolute Gasteiger partial charge is 0.171 e. The van der Waals surface area contributed by atoms with Gasteiger partial charge in [-0.1, -0.05) is 158 Å². The summed E-state index contributed by atoms with van der Waals surface area (Å²) < 4.78 is 16.2. The molecule has 0 saturated heterocycles. The minimum Gasteiger partial charge on any atom is -0.310 e. The molecule has 0 amide bonds. The number of fused-ring (bicyclic) bond motifs is 5. The van der Waals surface area contributed by atoms with Crippen LogP contribution in [0.4, 0.5) is 17.1 Å². The second kappa shape index (κ2) is 12.9. The number of benzene rings is 8. The molecule has 0 unspecified atom stereocenters. The molecule has 9 aromatic rings. The third kappa shape index (κ3) is 5.31. The Hall–Kier alpha value is -6.28. The lowest BCUT2D eigenvalue weighted by atomic mass is 9.95. The van der Waals surface area contributed by atoms with Crippen molar-refractivity contribution in [1.82, 2.24) is 4.98 Å². The minimum absolute atomic E-state index is 0.793. The summed E-state index contributed by atoms with van der Waals surface area (Å²) in [6, 6.07) is 68.2. The second-order valence-electron chi connectivity index (χ2n) is 12.7. The van der Waals surface area contributed by atoms with E-state index in [0.29, 0.717) is 0 Å². The Morgan fingerprint density at radius 1 is 0.431 bits per heavy atom. The minimum atomic E-state index is -3.41. The quantitative estimate of drug-likeness (QED) is 0.125. The number of para-hydroxylation sites is 2. The summed E-state index contributed by atoms with van der Waals surface area (Å²) in [6.07, 6.45) is 0. The molecule has 0 aliphatic rings. The number of aromatic nitrogens is 1. The van der Waals surface area contributed by atoms with E-state index in [2.05, 4.69) is 114 Å². The largest absolute Gasteiger partial charge is 0.310 e. The van der Waals surface area contributed by atoms with Crippen LogP contribution in [0.1, 0.15) is 0 Å². The van der Waals surface area contributed by atoms with Crippen LogP contribution in [-0.2, 0) is 4.57 Å². The monoisotopic (exact) mass is 672 g/mol. The highest BCUT2D eigenvalue weighted by Gasteiger charge is 2.34. The second-order valence-corrected chi connectivity index (χ2v) is 15.4. The Labute approximate surface area is 297 Å². The van der Waals surface area contributed by atoms with Gasteiger partial charge in [0.1, 0.15) is 0 Å². The van der Waals surface area contributed by atoms with Gasteiger partial charge >= 0.3 is 0 Å². The number of hydrogen-bond acceptors (Lipinski definition) is 3. The highest BCUT2D eigenvalue weighted by atomic mass is 31.2. The van der Waals surface area contributed by atoms with Crippen molar-refractivity contribution in [2.75, 3.05) is 4.90 Å². The van der Waals surface area contributed by atoms with E-state index in [9.17, 15) is 0 Å². The fourth-order valence-electron chi connectivity index (χ4n) is 7.35. The van der Waals surface area contributed by atoms with Gasteiger partial charge in [-0.15, -0.1) is 0 Å². The summed E-state index contributed by atoms with van der Waals surface area (Å²) in [6.45, 7) is 0. The van der Waals surface area contributed by atoms with Crippen molar-refractivity contribution in [3.63, 3.8) is 0 Å². The van der Waals surface area contributed by atoms with Gasteiger partial charge in [0.15, 0.2) is 7.14 Å². The SMILES string of the molecule is O=P(c1ccccc1)(c1ccccc1)c1cc2ccccc2c2c1c(-c1ccccc1)nc1cc(N(c3ccccc3)c3ccccc3)ccc12. The molecule has 1 aromatic heterocycles. The number of nitrogens with zero attached hydrogens (tertiary/aromatic N) is 2. The highest BCUT2D eigenvalue weighted by molar-refractivity contribution is 7.85. The van der Waals surface area contributed by atoms with Gasteiger partial charge in [0.2, 0.25) is 0 Å². The molecule has 0 saturated carbocycles. The fraction of sp³-hybridized carbons (Fsp3) is 0. The first-order valence-corrected chi connectivity index (χ1v) is 18.9. The van der Waals surface area contributed by atoms with Gasteiger partial charge in [0.25, 0.3) is 0 Å². The lowest BCUT2D eigenvalue weighted by Crippen LogP contribution is -2.26. The maximum absolute atomic E-state index is 16.2. The summed E-state index contributed by atoms with van der Waals surface area (Å²) in [5.74, 6) is 0. The Balaban J connectivity index is 1.43. The first-order chi connectivity index (χ1) is 25.2. The number of anilines is 3.